The second-order valence-electron chi connectivity index (χ2n) is 1.57. The third-order valence-corrected chi connectivity index (χ3v) is 1.74. The first-order valence-electron chi connectivity index (χ1n) is 2.57. The van der Waals surface area contributed by atoms with Gasteiger partial charge in [-0.3, -0.25) is 0 Å². The van der Waals surface area contributed by atoms with Crippen molar-refractivity contribution in [1.29, 1.82) is 0 Å². The van der Waals surface area contributed by atoms with Gasteiger partial charge in [0, 0.05) is 11.4 Å². The highest BCUT2D eigenvalue weighted by Gasteiger charge is 1.95. The molecular formula is C6H11NS2. The molecule has 0 spiro atoms. The molecule has 1 N–H and O–H groups in total. The molecule has 1 nitrogen and oxygen atoms in total. The van der Waals surface area contributed by atoms with Crippen LogP contribution in [0.3, 0.4) is 0 Å². The summed E-state index contributed by atoms with van der Waals surface area (Å²) in [6, 6.07) is 0. The summed E-state index contributed by atoms with van der Waals surface area (Å²) < 4.78 is 0. The number of hydrogen-bond acceptors (Lipinski definition) is 3. The zero-order valence-electron chi connectivity index (χ0n) is 5.17. The third kappa shape index (κ3) is 4.48. The maximum atomic E-state index is 4.13. The van der Waals surface area contributed by atoms with E-state index >= 15 is 0 Å². The van der Waals surface area contributed by atoms with E-state index in [4.69, 9.17) is 0 Å². The second-order valence-corrected chi connectivity index (χ2v) is 2.56. The Labute approximate surface area is 67.0 Å². The lowest BCUT2D eigenvalue weighted by atomic mass is 10.5. The topological polar surface area (TPSA) is 12.0 Å². The van der Waals surface area contributed by atoms with Crippen molar-refractivity contribution in [1.82, 2.24) is 5.32 Å². The van der Waals surface area contributed by atoms with Crippen LogP contribution in [0.15, 0.2) is 24.9 Å². The minimum atomic E-state index is 0.0684. The average molecular weight is 161 g/mol. The fourth-order valence-electron chi connectivity index (χ4n) is 0.319. The van der Waals surface area contributed by atoms with E-state index in [0.717, 1.165) is 5.70 Å². The number of thiol groups is 2. The summed E-state index contributed by atoms with van der Waals surface area (Å²) >= 11 is 8.14. The summed E-state index contributed by atoms with van der Waals surface area (Å²) in [6.45, 7) is 7.18. The molecule has 0 aliphatic heterocycles. The summed E-state index contributed by atoms with van der Waals surface area (Å²) in [5.74, 6) is 0.677. The molecule has 0 aromatic carbocycles. The Morgan fingerprint density at radius 1 is 1.78 bits per heavy atom. The van der Waals surface area contributed by atoms with E-state index in [0.29, 0.717) is 5.75 Å². The van der Waals surface area contributed by atoms with Crippen LogP contribution in [0.4, 0.5) is 0 Å². The van der Waals surface area contributed by atoms with Crippen LogP contribution < -0.4 is 5.32 Å². The van der Waals surface area contributed by atoms with E-state index in [9.17, 15) is 0 Å². The maximum Gasteiger partial charge on any atom is 0.0781 e. The van der Waals surface area contributed by atoms with Crippen molar-refractivity contribution >= 4 is 25.3 Å². The molecule has 0 rings (SSSR count). The first kappa shape index (κ1) is 8.98. The Bertz CT molecular complexity index is 112. The minimum Gasteiger partial charge on any atom is -0.373 e. The van der Waals surface area contributed by atoms with Gasteiger partial charge in [-0.05, 0) is 6.08 Å². The van der Waals surface area contributed by atoms with Crippen LogP contribution in [0.25, 0.3) is 0 Å². The summed E-state index contributed by atoms with van der Waals surface area (Å²) in [5, 5.41) is 3.02. The Kier molecular flexibility index (Phi) is 4.81. The van der Waals surface area contributed by atoms with E-state index in [2.05, 4.69) is 43.7 Å². The van der Waals surface area contributed by atoms with Gasteiger partial charge in [0.25, 0.3) is 0 Å². The fraction of sp³-hybridized carbons (Fsp3) is 0.333. The lowest BCUT2D eigenvalue weighted by molar-refractivity contribution is 0.842. The molecule has 0 bridgehead atoms. The highest BCUT2D eigenvalue weighted by Crippen LogP contribution is 1.96. The van der Waals surface area contributed by atoms with Crippen molar-refractivity contribution in [2.24, 2.45) is 0 Å². The van der Waals surface area contributed by atoms with Gasteiger partial charge in [-0.2, -0.15) is 25.3 Å². The van der Waals surface area contributed by atoms with Crippen LogP contribution in [0.2, 0.25) is 0 Å². The van der Waals surface area contributed by atoms with Gasteiger partial charge in [-0.15, -0.1) is 0 Å². The predicted octanol–water partition coefficient (Wildman–Crippen LogP) is 1.46. The van der Waals surface area contributed by atoms with Crippen molar-refractivity contribution < 1.29 is 0 Å². The van der Waals surface area contributed by atoms with Crippen molar-refractivity contribution in [3.05, 3.63) is 24.9 Å². The van der Waals surface area contributed by atoms with Gasteiger partial charge in [0.05, 0.1) is 5.37 Å². The highest BCUT2D eigenvalue weighted by atomic mass is 32.1. The van der Waals surface area contributed by atoms with Crippen molar-refractivity contribution in [2.45, 2.75) is 5.37 Å². The summed E-state index contributed by atoms with van der Waals surface area (Å²) in [6.07, 6.45) is 1.65. The third-order valence-electron chi connectivity index (χ3n) is 0.771. The predicted molar refractivity (Wildman–Crippen MR) is 49.1 cm³/mol. The molecule has 0 fully saturated rings. The summed E-state index contributed by atoms with van der Waals surface area (Å²) in [4.78, 5) is 0. The summed E-state index contributed by atoms with van der Waals surface area (Å²) in [7, 11) is 0. The average Bonchev–Trinajstić information content (AvgIpc) is 1.87. The van der Waals surface area contributed by atoms with E-state index in [1.807, 2.05) is 0 Å². The molecule has 0 heterocycles. The van der Waals surface area contributed by atoms with Crippen molar-refractivity contribution in [3.8, 4) is 0 Å². The molecule has 3 heteroatoms. The first-order valence-corrected chi connectivity index (χ1v) is 3.72. The first-order chi connectivity index (χ1) is 4.20. The Hall–Kier alpha value is -0.0200. The van der Waals surface area contributed by atoms with E-state index in [1.54, 1.807) is 6.08 Å². The normalized spacial score (nSPS) is 12.2. The summed E-state index contributed by atoms with van der Waals surface area (Å²) in [5.41, 5.74) is 0.782. The van der Waals surface area contributed by atoms with Crippen molar-refractivity contribution in [2.75, 3.05) is 5.75 Å². The lowest BCUT2D eigenvalue weighted by Crippen LogP contribution is -2.22. The van der Waals surface area contributed by atoms with Crippen LogP contribution >= 0.6 is 25.3 Å². The smallest absolute Gasteiger partial charge is 0.0781 e. The molecule has 0 aliphatic rings. The molecule has 0 aromatic rings. The second kappa shape index (κ2) is 4.82. The molecule has 52 valence electrons. The molecule has 1 atom stereocenters. The molecule has 0 amide bonds. The molecule has 0 saturated carbocycles. The van der Waals surface area contributed by atoms with Gasteiger partial charge in [0.1, 0.15) is 0 Å². The van der Waals surface area contributed by atoms with Gasteiger partial charge in [-0.1, -0.05) is 13.2 Å². The van der Waals surface area contributed by atoms with Crippen LogP contribution in [0.5, 0.6) is 0 Å². The standard InChI is InChI=1S/C6H11NS2/c1-3-5(2)7-6(9)4-8/h3,6-9H,1-2,4H2. The van der Waals surface area contributed by atoms with E-state index in [-0.39, 0.29) is 5.37 Å². The number of hydrogen-bond donors (Lipinski definition) is 3. The minimum absolute atomic E-state index is 0.0684. The lowest BCUT2D eigenvalue weighted by Gasteiger charge is -2.10. The molecule has 0 radical (unpaired) electrons. The van der Waals surface area contributed by atoms with Gasteiger partial charge < -0.3 is 5.32 Å². The van der Waals surface area contributed by atoms with Crippen LogP contribution in [0, 0.1) is 0 Å². The number of rotatable bonds is 4. The Balaban J connectivity index is 3.46. The fourth-order valence-corrected chi connectivity index (χ4v) is 0.576. The van der Waals surface area contributed by atoms with Gasteiger partial charge in [0.15, 0.2) is 0 Å². The zero-order chi connectivity index (χ0) is 7.28. The molecule has 0 saturated heterocycles. The molecule has 9 heavy (non-hydrogen) atoms. The highest BCUT2D eigenvalue weighted by molar-refractivity contribution is 7.84. The maximum absolute atomic E-state index is 4.13. The quantitative estimate of drug-likeness (QED) is 0.322. The largest absolute Gasteiger partial charge is 0.373 e. The zero-order valence-corrected chi connectivity index (χ0v) is 6.96. The van der Waals surface area contributed by atoms with Crippen LogP contribution in [-0.2, 0) is 0 Å². The molecule has 0 aliphatic carbocycles. The van der Waals surface area contributed by atoms with Gasteiger partial charge in [0.2, 0.25) is 0 Å². The van der Waals surface area contributed by atoms with E-state index in [1.165, 1.54) is 0 Å². The van der Waals surface area contributed by atoms with Crippen molar-refractivity contribution in [3.63, 3.8) is 0 Å². The van der Waals surface area contributed by atoms with E-state index < -0.39 is 0 Å². The van der Waals surface area contributed by atoms with Gasteiger partial charge >= 0.3 is 0 Å². The Morgan fingerprint density at radius 3 is 2.67 bits per heavy atom. The van der Waals surface area contributed by atoms with Crippen LogP contribution in [-0.4, -0.2) is 11.1 Å². The van der Waals surface area contributed by atoms with Crippen LogP contribution in [0.1, 0.15) is 0 Å². The number of nitrogens with one attached hydrogen (secondary N) is 1. The molecule has 0 aromatic heterocycles. The SMILES string of the molecule is C=CC(=C)NC(S)CS. The molecule has 1 unspecified atom stereocenters. The molecular weight excluding hydrogens is 150 g/mol. The monoisotopic (exact) mass is 161 g/mol. The van der Waals surface area contributed by atoms with Gasteiger partial charge in [-0.25, -0.2) is 0 Å². The number of allylic oxidation sites excluding steroid dienone is 1. The Morgan fingerprint density at radius 2 is 2.33 bits per heavy atom.